The second kappa shape index (κ2) is 8.75. The third kappa shape index (κ3) is 6.38. The van der Waals surface area contributed by atoms with E-state index in [1.54, 1.807) is 7.11 Å². The molecule has 1 N–H and O–H groups in total. The van der Waals surface area contributed by atoms with E-state index in [4.69, 9.17) is 9.84 Å². The first kappa shape index (κ1) is 11.7. The molecule has 2 nitrogen and oxygen atoms in total. The Kier molecular flexibility index (Phi) is 8.51. The summed E-state index contributed by atoms with van der Waals surface area (Å²) in [6.07, 6.45) is 6.13. The molecule has 0 aliphatic heterocycles. The zero-order valence-electron chi connectivity index (χ0n) is 7.96. The van der Waals surface area contributed by atoms with Crippen molar-refractivity contribution in [2.24, 2.45) is 5.92 Å². The van der Waals surface area contributed by atoms with Crippen LogP contribution in [0.4, 0.5) is 0 Å². The molecule has 0 radical (unpaired) electrons. The minimum atomic E-state index is 0.278. The average molecular weight is 172 g/mol. The molecule has 0 aliphatic carbocycles. The molecule has 1 atom stereocenters. The molecule has 0 amide bonds. The van der Waals surface area contributed by atoms with Gasteiger partial charge < -0.3 is 9.84 Å². The van der Waals surface area contributed by atoms with Crippen LogP contribution in [0.15, 0.2) is 12.7 Å². The van der Waals surface area contributed by atoms with Crippen molar-refractivity contribution in [2.45, 2.75) is 25.7 Å². The zero-order chi connectivity index (χ0) is 9.23. The molecule has 0 aromatic rings. The Morgan fingerprint density at radius 2 is 2.25 bits per heavy atom. The number of methoxy groups -OCH3 is 1. The highest BCUT2D eigenvalue weighted by atomic mass is 16.5. The van der Waals surface area contributed by atoms with Gasteiger partial charge >= 0.3 is 0 Å². The van der Waals surface area contributed by atoms with Crippen LogP contribution < -0.4 is 0 Å². The standard InChI is InChI=1S/C10H20O2/c1-3-4-5-6-10(9-11)7-8-12-2/h3,10-11H,1,4-9H2,2H3. The van der Waals surface area contributed by atoms with Crippen LogP contribution in [0.3, 0.4) is 0 Å². The molecule has 0 aromatic carbocycles. The molecule has 1 unspecified atom stereocenters. The predicted molar refractivity (Wildman–Crippen MR) is 51.1 cm³/mol. The predicted octanol–water partition coefficient (Wildman–Crippen LogP) is 1.99. The largest absolute Gasteiger partial charge is 0.396 e. The fraction of sp³-hybridized carbons (Fsp3) is 0.800. The number of hydrogen-bond donors (Lipinski definition) is 1. The zero-order valence-corrected chi connectivity index (χ0v) is 7.96. The summed E-state index contributed by atoms with van der Waals surface area (Å²) >= 11 is 0. The highest BCUT2D eigenvalue weighted by Crippen LogP contribution is 2.12. The Bertz CT molecular complexity index is 102. The van der Waals surface area contributed by atoms with Gasteiger partial charge in [-0.1, -0.05) is 6.08 Å². The fourth-order valence-corrected chi connectivity index (χ4v) is 1.16. The Morgan fingerprint density at radius 3 is 2.75 bits per heavy atom. The van der Waals surface area contributed by atoms with Crippen LogP contribution in [0.1, 0.15) is 25.7 Å². The molecule has 0 aliphatic rings. The molecule has 0 aromatic heterocycles. The number of allylic oxidation sites excluding steroid dienone is 1. The summed E-state index contributed by atoms with van der Waals surface area (Å²) in [4.78, 5) is 0. The van der Waals surface area contributed by atoms with Crippen LogP contribution in [0.25, 0.3) is 0 Å². The second-order valence-corrected chi connectivity index (χ2v) is 3.05. The molecule has 12 heavy (non-hydrogen) atoms. The van der Waals surface area contributed by atoms with Crippen LogP contribution in [0, 0.1) is 5.92 Å². The molecule has 0 fully saturated rings. The van der Waals surface area contributed by atoms with Crippen molar-refractivity contribution in [3.63, 3.8) is 0 Å². The molecular weight excluding hydrogens is 152 g/mol. The highest BCUT2D eigenvalue weighted by Gasteiger charge is 2.05. The Balaban J connectivity index is 3.32. The molecule has 0 bridgehead atoms. The van der Waals surface area contributed by atoms with Crippen LogP contribution >= 0.6 is 0 Å². The summed E-state index contributed by atoms with van der Waals surface area (Å²) in [7, 11) is 1.69. The number of unbranched alkanes of at least 4 members (excludes halogenated alkanes) is 1. The lowest BCUT2D eigenvalue weighted by Gasteiger charge is -2.12. The van der Waals surface area contributed by atoms with Crippen molar-refractivity contribution >= 4 is 0 Å². The van der Waals surface area contributed by atoms with Gasteiger partial charge in [0.15, 0.2) is 0 Å². The van der Waals surface area contributed by atoms with E-state index in [2.05, 4.69) is 6.58 Å². The number of rotatable bonds is 8. The van der Waals surface area contributed by atoms with Gasteiger partial charge in [0.2, 0.25) is 0 Å². The molecule has 72 valence electrons. The van der Waals surface area contributed by atoms with Gasteiger partial charge in [0.1, 0.15) is 0 Å². The van der Waals surface area contributed by atoms with E-state index in [1.165, 1.54) is 0 Å². The second-order valence-electron chi connectivity index (χ2n) is 3.05. The minimum absolute atomic E-state index is 0.278. The number of ether oxygens (including phenoxy) is 1. The van der Waals surface area contributed by atoms with Crippen molar-refractivity contribution in [3.05, 3.63) is 12.7 Å². The molecule has 0 rings (SSSR count). The normalized spacial score (nSPS) is 12.8. The Morgan fingerprint density at radius 1 is 1.50 bits per heavy atom. The van der Waals surface area contributed by atoms with Gasteiger partial charge in [0.25, 0.3) is 0 Å². The first-order chi connectivity index (χ1) is 5.85. The third-order valence-electron chi connectivity index (χ3n) is 2.01. The van der Waals surface area contributed by atoms with Crippen molar-refractivity contribution < 1.29 is 9.84 Å². The molecule has 0 heterocycles. The van der Waals surface area contributed by atoms with E-state index in [0.717, 1.165) is 32.3 Å². The number of aliphatic hydroxyl groups excluding tert-OH is 1. The van der Waals surface area contributed by atoms with Crippen LogP contribution in [-0.4, -0.2) is 25.4 Å². The van der Waals surface area contributed by atoms with Gasteiger partial charge in [-0.2, -0.15) is 0 Å². The summed E-state index contributed by atoms with van der Waals surface area (Å²) in [6, 6.07) is 0. The van der Waals surface area contributed by atoms with Gasteiger partial charge in [-0.05, 0) is 31.6 Å². The van der Waals surface area contributed by atoms with Crippen molar-refractivity contribution in [3.8, 4) is 0 Å². The maximum absolute atomic E-state index is 8.97. The van der Waals surface area contributed by atoms with Gasteiger partial charge in [0.05, 0.1) is 0 Å². The maximum atomic E-state index is 8.97. The van der Waals surface area contributed by atoms with Gasteiger partial charge in [-0.3, -0.25) is 0 Å². The summed E-state index contributed by atoms with van der Waals surface area (Å²) < 4.78 is 4.95. The van der Waals surface area contributed by atoms with E-state index in [9.17, 15) is 0 Å². The van der Waals surface area contributed by atoms with E-state index >= 15 is 0 Å². The quantitative estimate of drug-likeness (QED) is 0.448. The van der Waals surface area contributed by atoms with Gasteiger partial charge in [0, 0.05) is 20.3 Å². The third-order valence-corrected chi connectivity index (χ3v) is 2.01. The van der Waals surface area contributed by atoms with E-state index < -0.39 is 0 Å². The molecule has 0 spiro atoms. The van der Waals surface area contributed by atoms with Crippen LogP contribution in [0.5, 0.6) is 0 Å². The van der Waals surface area contributed by atoms with Gasteiger partial charge in [-0.25, -0.2) is 0 Å². The smallest absolute Gasteiger partial charge is 0.0465 e. The van der Waals surface area contributed by atoms with Gasteiger partial charge in [-0.15, -0.1) is 6.58 Å². The molecular formula is C10H20O2. The number of aliphatic hydroxyl groups is 1. The Hall–Kier alpha value is -0.340. The lowest BCUT2D eigenvalue weighted by atomic mass is 10.00. The Labute approximate surface area is 75.2 Å². The monoisotopic (exact) mass is 172 g/mol. The molecule has 0 saturated carbocycles. The lowest BCUT2D eigenvalue weighted by molar-refractivity contribution is 0.143. The topological polar surface area (TPSA) is 29.5 Å². The van der Waals surface area contributed by atoms with E-state index in [1.807, 2.05) is 6.08 Å². The van der Waals surface area contributed by atoms with Crippen LogP contribution in [-0.2, 0) is 4.74 Å². The highest BCUT2D eigenvalue weighted by molar-refractivity contribution is 4.67. The summed E-state index contributed by atoms with van der Waals surface area (Å²) in [5, 5.41) is 8.97. The van der Waals surface area contributed by atoms with Crippen LogP contribution in [0.2, 0.25) is 0 Å². The van der Waals surface area contributed by atoms with Crippen molar-refractivity contribution in [1.29, 1.82) is 0 Å². The van der Waals surface area contributed by atoms with E-state index in [-0.39, 0.29) is 6.61 Å². The average Bonchev–Trinajstić information content (AvgIpc) is 2.11. The molecule has 2 heteroatoms. The summed E-state index contributed by atoms with van der Waals surface area (Å²) in [6.45, 7) is 4.69. The lowest BCUT2D eigenvalue weighted by Crippen LogP contribution is -2.08. The maximum Gasteiger partial charge on any atom is 0.0465 e. The number of hydrogen-bond acceptors (Lipinski definition) is 2. The van der Waals surface area contributed by atoms with E-state index in [0.29, 0.717) is 5.92 Å². The van der Waals surface area contributed by atoms with Crippen molar-refractivity contribution in [2.75, 3.05) is 20.3 Å². The summed E-state index contributed by atoms with van der Waals surface area (Å²) in [5.74, 6) is 0.407. The first-order valence-corrected chi connectivity index (χ1v) is 4.55. The first-order valence-electron chi connectivity index (χ1n) is 4.55. The minimum Gasteiger partial charge on any atom is -0.396 e. The molecule has 0 saturated heterocycles. The summed E-state index contributed by atoms with van der Waals surface area (Å²) in [5.41, 5.74) is 0. The SMILES string of the molecule is C=CCCCC(CO)CCOC. The fourth-order valence-electron chi connectivity index (χ4n) is 1.16. The van der Waals surface area contributed by atoms with Crippen molar-refractivity contribution in [1.82, 2.24) is 0 Å².